The predicted octanol–water partition coefficient (Wildman–Crippen LogP) is 3.97. The molecule has 1 aliphatic rings. The molecule has 27 heavy (non-hydrogen) atoms. The Bertz CT molecular complexity index is 982. The van der Waals surface area contributed by atoms with Crippen LogP contribution in [0.2, 0.25) is 10.0 Å². The number of aromatic nitrogens is 1. The van der Waals surface area contributed by atoms with Crippen LogP contribution in [0.25, 0.3) is 0 Å². The van der Waals surface area contributed by atoms with Crippen LogP contribution in [0.1, 0.15) is 29.5 Å². The highest BCUT2D eigenvalue weighted by atomic mass is 35.5. The van der Waals surface area contributed by atoms with E-state index in [4.69, 9.17) is 27.9 Å². The van der Waals surface area contributed by atoms with Crippen LogP contribution in [0.15, 0.2) is 28.0 Å². The Hall–Kier alpha value is -2.33. The molecule has 1 N–H and O–H groups in total. The molecular weight excluding hydrogens is 389 g/mol. The number of halogens is 2. The number of nitrogens with zero attached hydrogens (tertiary/aromatic N) is 3. The average molecular weight is 406 g/mol. The van der Waals surface area contributed by atoms with E-state index in [1.54, 1.807) is 25.1 Å². The van der Waals surface area contributed by atoms with Gasteiger partial charge in [0.05, 0.1) is 23.9 Å². The van der Waals surface area contributed by atoms with Gasteiger partial charge in [0, 0.05) is 22.9 Å². The number of benzene rings is 1. The number of nitriles is 1. The summed E-state index contributed by atoms with van der Waals surface area (Å²) in [6.45, 7) is 2.41. The number of aliphatic imine (C=N–C) groups is 1. The first-order valence-corrected chi connectivity index (χ1v) is 9.14. The van der Waals surface area contributed by atoms with Crippen molar-refractivity contribution in [1.82, 2.24) is 4.57 Å². The summed E-state index contributed by atoms with van der Waals surface area (Å²) in [6, 6.07) is 6.74. The minimum atomic E-state index is -0.536. The Morgan fingerprint density at radius 3 is 2.70 bits per heavy atom. The maximum Gasteiger partial charge on any atom is 0.271 e. The van der Waals surface area contributed by atoms with Crippen molar-refractivity contribution in [1.29, 1.82) is 5.26 Å². The molecule has 1 fully saturated rings. The van der Waals surface area contributed by atoms with Crippen LogP contribution in [0, 0.1) is 18.3 Å². The van der Waals surface area contributed by atoms with E-state index < -0.39 is 5.56 Å². The van der Waals surface area contributed by atoms with Gasteiger partial charge >= 0.3 is 0 Å². The SMILES string of the molecule is Cc1c(C=Nc2cc(Cl)cc(Cl)c2)c(O)n(C[C@H]2CCCO2)c(=O)c1C#N. The third-order valence-electron chi connectivity index (χ3n) is 4.45. The van der Waals surface area contributed by atoms with Gasteiger partial charge in [-0.1, -0.05) is 23.2 Å². The molecule has 0 amide bonds. The fraction of sp³-hybridized carbons (Fsp3) is 0.316. The van der Waals surface area contributed by atoms with Gasteiger partial charge in [-0.05, 0) is 43.5 Å². The molecule has 1 aliphatic heterocycles. The third-order valence-corrected chi connectivity index (χ3v) is 4.88. The average Bonchev–Trinajstić information content (AvgIpc) is 3.11. The lowest BCUT2D eigenvalue weighted by Crippen LogP contribution is -2.29. The van der Waals surface area contributed by atoms with Crippen molar-refractivity contribution >= 4 is 35.1 Å². The van der Waals surface area contributed by atoms with E-state index >= 15 is 0 Å². The van der Waals surface area contributed by atoms with Gasteiger partial charge < -0.3 is 9.84 Å². The van der Waals surface area contributed by atoms with Crippen LogP contribution in [-0.4, -0.2) is 28.6 Å². The minimum absolute atomic E-state index is 0.0311. The standard InChI is InChI=1S/C19H17Cl2N3O3/c1-11-16(8-22)18(25)24(10-15-3-2-4-27-15)19(26)17(11)9-23-14-6-12(20)5-13(21)7-14/h5-7,9,15,26H,2-4,10H2,1H3/t15-/m1/s1. The monoisotopic (exact) mass is 405 g/mol. The molecule has 0 bridgehead atoms. The van der Waals surface area contributed by atoms with E-state index in [0.717, 1.165) is 12.8 Å². The maximum atomic E-state index is 12.6. The Morgan fingerprint density at radius 1 is 1.41 bits per heavy atom. The van der Waals surface area contributed by atoms with Crippen LogP contribution in [-0.2, 0) is 11.3 Å². The van der Waals surface area contributed by atoms with Gasteiger partial charge in [0.25, 0.3) is 5.56 Å². The molecule has 0 saturated carbocycles. The largest absolute Gasteiger partial charge is 0.494 e. The summed E-state index contributed by atoms with van der Waals surface area (Å²) < 4.78 is 6.72. The zero-order valence-electron chi connectivity index (χ0n) is 14.6. The zero-order valence-corrected chi connectivity index (χ0v) is 16.1. The number of rotatable bonds is 4. The van der Waals surface area contributed by atoms with Gasteiger partial charge in [-0.15, -0.1) is 0 Å². The molecule has 0 radical (unpaired) electrons. The van der Waals surface area contributed by atoms with Crippen LogP contribution in [0.5, 0.6) is 5.88 Å². The molecule has 0 unspecified atom stereocenters. The normalized spacial score (nSPS) is 16.7. The molecule has 0 spiro atoms. The highest BCUT2D eigenvalue weighted by Crippen LogP contribution is 2.26. The van der Waals surface area contributed by atoms with Crippen LogP contribution in [0.3, 0.4) is 0 Å². The first-order valence-electron chi connectivity index (χ1n) is 8.39. The van der Waals surface area contributed by atoms with Crippen LogP contribution >= 0.6 is 23.2 Å². The Balaban J connectivity index is 2.07. The Kier molecular flexibility index (Phi) is 5.85. The summed E-state index contributed by atoms with van der Waals surface area (Å²) in [6.07, 6.45) is 2.94. The second-order valence-electron chi connectivity index (χ2n) is 6.29. The summed E-state index contributed by atoms with van der Waals surface area (Å²) in [4.78, 5) is 16.9. The summed E-state index contributed by atoms with van der Waals surface area (Å²) in [5.41, 5.74) is 0.574. The molecular formula is C19H17Cl2N3O3. The molecule has 1 aromatic heterocycles. The lowest BCUT2D eigenvalue weighted by molar-refractivity contribution is 0.0938. The Morgan fingerprint density at radius 2 is 2.11 bits per heavy atom. The lowest BCUT2D eigenvalue weighted by atomic mass is 10.1. The van der Waals surface area contributed by atoms with E-state index in [1.165, 1.54) is 10.8 Å². The van der Waals surface area contributed by atoms with E-state index in [1.807, 2.05) is 6.07 Å². The van der Waals surface area contributed by atoms with Gasteiger partial charge in [0.2, 0.25) is 5.88 Å². The summed E-state index contributed by atoms with van der Waals surface area (Å²) in [5.74, 6) is -0.246. The zero-order chi connectivity index (χ0) is 19.6. The van der Waals surface area contributed by atoms with Crippen LogP contribution < -0.4 is 5.56 Å². The molecule has 3 rings (SSSR count). The fourth-order valence-electron chi connectivity index (χ4n) is 3.04. The summed E-state index contributed by atoms with van der Waals surface area (Å²) in [7, 11) is 0. The molecule has 1 saturated heterocycles. The summed E-state index contributed by atoms with van der Waals surface area (Å²) in [5, 5.41) is 20.9. The highest BCUT2D eigenvalue weighted by molar-refractivity contribution is 6.35. The van der Waals surface area contributed by atoms with Crippen molar-refractivity contribution in [2.75, 3.05) is 6.61 Å². The van der Waals surface area contributed by atoms with Crippen molar-refractivity contribution in [2.24, 2.45) is 4.99 Å². The van der Waals surface area contributed by atoms with Crippen molar-refractivity contribution in [3.8, 4) is 11.9 Å². The van der Waals surface area contributed by atoms with Gasteiger partial charge in [-0.3, -0.25) is 14.4 Å². The lowest BCUT2D eigenvalue weighted by Gasteiger charge is -2.17. The van der Waals surface area contributed by atoms with E-state index in [0.29, 0.717) is 33.5 Å². The summed E-state index contributed by atoms with van der Waals surface area (Å²) >= 11 is 11.9. The number of hydrogen-bond donors (Lipinski definition) is 1. The molecule has 2 aromatic rings. The number of pyridine rings is 1. The topological polar surface area (TPSA) is 87.6 Å². The second-order valence-corrected chi connectivity index (χ2v) is 7.16. The molecule has 1 atom stereocenters. The van der Waals surface area contributed by atoms with E-state index in [2.05, 4.69) is 4.99 Å². The van der Waals surface area contributed by atoms with Crippen molar-refractivity contribution in [2.45, 2.75) is 32.4 Å². The van der Waals surface area contributed by atoms with E-state index in [9.17, 15) is 15.2 Å². The van der Waals surface area contributed by atoms with E-state index in [-0.39, 0.29) is 24.1 Å². The third kappa shape index (κ3) is 4.16. The molecule has 6 nitrogen and oxygen atoms in total. The highest BCUT2D eigenvalue weighted by Gasteiger charge is 2.22. The van der Waals surface area contributed by atoms with Gasteiger partial charge in [0.1, 0.15) is 11.6 Å². The molecule has 8 heteroatoms. The number of hydrogen-bond acceptors (Lipinski definition) is 5. The van der Waals surface area contributed by atoms with Crippen molar-refractivity contribution < 1.29 is 9.84 Å². The molecule has 1 aromatic carbocycles. The van der Waals surface area contributed by atoms with Crippen LogP contribution in [0.4, 0.5) is 5.69 Å². The predicted molar refractivity (Wildman–Crippen MR) is 105 cm³/mol. The molecule has 0 aliphatic carbocycles. The fourth-order valence-corrected chi connectivity index (χ4v) is 3.55. The van der Waals surface area contributed by atoms with Crippen molar-refractivity contribution in [3.63, 3.8) is 0 Å². The number of aromatic hydroxyl groups is 1. The molecule has 2 heterocycles. The quantitative estimate of drug-likeness (QED) is 0.779. The number of ether oxygens (including phenoxy) is 1. The van der Waals surface area contributed by atoms with Gasteiger partial charge in [-0.25, -0.2) is 0 Å². The van der Waals surface area contributed by atoms with Gasteiger partial charge in [-0.2, -0.15) is 5.26 Å². The second kappa shape index (κ2) is 8.13. The minimum Gasteiger partial charge on any atom is -0.494 e. The Labute approximate surface area is 166 Å². The molecule has 140 valence electrons. The van der Waals surface area contributed by atoms with Crippen molar-refractivity contribution in [3.05, 3.63) is 55.3 Å². The first kappa shape index (κ1) is 19.4. The van der Waals surface area contributed by atoms with Gasteiger partial charge in [0.15, 0.2) is 0 Å². The first-order chi connectivity index (χ1) is 12.9. The maximum absolute atomic E-state index is 12.6. The smallest absolute Gasteiger partial charge is 0.271 e.